The lowest BCUT2D eigenvalue weighted by Gasteiger charge is -2.38. The first-order valence-corrected chi connectivity index (χ1v) is 7.62. The maximum Gasteiger partial charge on any atom is 0.255 e. The van der Waals surface area contributed by atoms with E-state index in [0.29, 0.717) is 17.9 Å². The summed E-state index contributed by atoms with van der Waals surface area (Å²) in [4.78, 5) is 12.4. The molecule has 2 heterocycles. The lowest BCUT2D eigenvalue weighted by atomic mass is 9.89. The second-order valence-electron chi connectivity index (χ2n) is 5.97. The van der Waals surface area contributed by atoms with Gasteiger partial charge in [-0.15, -0.1) is 0 Å². The maximum absolute atomic E-state index is 12.4. The molecule has 2 aromatic rings. The summed E-state index contributed by atoms with van der Waals surface area (Å²) < 4.78 is 13.1. The molecule has 1 aromatic carbocycles. The minimum Gasteiger partial charge on any atom is -0.480 e. The van der Waals surface area contributed by atoms with Gasteiger partial charge in [-0.25, -0.2) is 0 Å². The minimum atomic E-state index is -0.694. The molecule has 0 radical (unpaired) electrons. The van der Waals surface area contributed by atoms with Crippen molar-refractivity contribution in [1.29, 1.82) is 5.26 Å². The Balaban J connectivity index is 2.34. The molecule has 122 valence electrons. The molecule has 0 amide bonds. The smallest absolute Gasteiger partial charge is 0.255 e. The van der Waals surface area contributed by atoms with Crippen LogP contribution in [0.3, 0.4) is 0 Å². The van der Waals surface area contributed by atoms with Crippen LogP contribution in [0.4, 0.5) is 0 Å². The van der Waals surface area contributed by atoms with Crippen LogP contribution >= 0.6 is 0 Å². The molecule has 0 saturated carbocycles. The number of rotatable bonds is 3. The molecule has 1 unspecified atom stereocenters. The van der Waals surface area contributed by atoms with Crippen molar-refractivity contribution in [2.45, 2.75) is 19.4 Å². The van der Waals surface area contributed by atoms with Crippen LogP contribution in [0.2, 0.25) is 0 Å². The zero-order valence-electron chi connectivity index (χ0n) is 13.9. The number of hydrogen-bond acceptors (Lipinski definition) is 4. The van der Waals surface area contributed by atoms with Gasteiger partial charge in [-0.1, -0.05) is 6.07 Å². The number of aromatic nitrogens is 1. The predicted molar refractivity (Wildman–Crippen MR) is 90.8 cm³/mol. The molecule has 1 aliphatic heterocycles. The Morgan fingerprint density at radius 3 is 2.79 bits per heavy atom. The summed E-state index contributed by atoms with van der Waals surface area (Å²) in [5.74, 6) is 0.630. The summed E-state index contributed by atoms with van der Waals surface area (Å²) in [5.41, 5.74) is 2.02. The number of fused-ring (bicyclic) bond motifs is 1. The van der Waals surface area contributed by atoms with Gasteiger partial charge in [-0.2, -0.15) is 5.26 Å². The molecule has 1 atom stereocenters. The Kier molecular flexibility index (Phi) is 4.00. The number of nitriles is 1. The predicted octanol–water partition coefficient (Wildman–Crippen LogP) is 2.80. The number of benzene rings is 1. The van der Waals surface area contributed by atoms with Gasteiger partial charge in [-0.05, 0) is 43.7 Å². The monoisotopic (exact) mass is 322 g/mol. The van der Waals surface area contributed by atoms with E-state index in [0.717, 1.165) is 16.8 Å². The molecule has 0 bridgehead atoms. The first-order chi connectivity index (χ1) is 11.5. The molecular formula is C19H18N2O3. The van der Waals surface area contributed by atoms with Crippen molar-refractivity contribution < 1.29 is 9.47 Å². The van der Waals surface area contributed by atoms with E-state index in [1.807, 2.05) is 13.8 Å². The average Bonchev–Trinajstić information content (AvgIpc) is 2.57. The van der Waals surface area contributed by atoms with Gasteiger partial charge in [-0.3, -0.25) is 9.36 Å². The van der Waals surface area contributed by atoms with Crippen LogP contribution in [0.5, 0.6) is 5.75 Å². The largest absolute Gasteiger partial charge is 0.480 e. The number of methoxy groups -OCH3 is 1. The minimum absolute atomic E-state index is 0.137. The van der Waals surface area contributed by atoms with E-state index in [4.69, 9.17) is 9.47 Å². The SMILES string of the molecule is COCC1(C)Oc2ccc(C#N)cc2C(n2ccccc2=O)=C1C. The molecule has 0 N–H and O–H groups in total. The average molecular weight is 322 g/mol. The van der Waals surface area contributed by atoms with E-state index in [2.05, 4.69) is 6.07 Å². The number of ether oxygens (including phenoxy) is 2. The normalized spacial score (nSPS) is 19.4. The topological polar surface area (TPSA) is 64.2 Å². The van der Waals surface area contributed by atoms with Crippen LogP contribution in [0.25, 0.3) is 5.70 Å². The van der Waals surface area contributed by atoms with E-state index in [1.165, 1.54) is 6.07 Å². The van der Waals surface area contributed by atoms with Crippen LogP contribution in [-0.2, 0) is 4.74 Å². The van der Waals surface area contributed by atoms with Crippen LogP contribution in [0.1, 0.15) is 25.0 Å². The highest BCUT2D eigenvalue weighted by Crippen LogP contribution is 2.41. The molecule has 5 nitrogen and oxygen atoms in total. The summed E-state index contributed by atoms with van der Waals surface area (Å²) >= 11 is 0. The van der Waals surface area contributed by atoms with E-state index >= 15 is 0 Å². The number of pyridine rings is 1. The second kappa shape index (κ2) is 5.99. The molecule has 5 heteroatoms. The van der Waals surface area contributed by atoms with Crippen molar-refractivity contribution in [3.63, 3.8) is 0 Å². The molecule has 3 rings (SSSR count). The maximum atomic E-state index is 12.4. The van der Waals surface area contributed by atoms with Gasteiger partial charge < -0.3 is 9.47 Å². The summed E-state index contributed by atoms with van der Waals surface area (Å²) in [6.45, 7) is 4.21. The van der Waals surface area contributed by atoms with E-state index in [1.54, 1.807) is 48.2 Å². The van der Waals surface area contributed by atoms with E-state index in [9.17, 15) is 10.1 Å². The van der Waals surface area contributed by atoms with Crippen LogP contribution in [0, 0.1) is 11.3 Å². The van der Waals surface area contributed by atoms with Crippen LogP contribution in [-0.4, -0.2) is 23.9 Å². The van der Waals surface area contributed by atoms with Crippen molar-refractivity contribution in [2.24, 2.45) is 0 Å². The lowest BCUT2D eigenvalue weighted by molar-refractivity contribution is 0.0284. The molecule has 0 saturated heterocycles. The fourth-order valence-corrected chi connectivity index (χ4v) is 2.98. The van der Waals surface area contributed by atoms with Crippen molar-refractivity contribution in [1.82, 2.24) is 4.57 Å². The third kappa shape index (κ3) is 2.51. The van der Waals surface area contributed by atoms with Crippen molar-refractivity contribution in [3.8, 4) is 11.8 Å². The van der Waals surface area contributed by atoms with Gasteiger partial charge in [0.15, 0.2) is 5.60 Å². The molecule has 1 aliphatic rings. The lowest BCUT2D eigenvalue weighted by Crippen LogP contribution is -2.43. The Bertz CT molecular complexity index is 921. The third-order valence-electron chi connectivity index (χ3n) is 4.33. The quantitative estimate of drug-likeness (QED) is 0.871. The molecule has 0 aliphatic carbocycles. The highest BCUT2D eigenvalue weighted by Gasteiger charge is 2.37. The molecule has 0 spiro atoms. The van der Waals surface area contributed by atoms with Crippen molar-refractivity contribution in [2.75, 3.05) is 13.7 Å². The number of hydrogen-bond donors (Lipinski definition) is 0. The van der Waals surface area contributed by atoms with Crippen molar-refractivity contribution >= 4 is 5.70 Å². The van der Waals surface area contributed by atoms with Crippen LogP contribution < -0.4 is 10.3 Å². The Labute approximate surface area is 140 Å². The highest BCUT2D eigenvalue weighted by molar-refractivity contribution is 5.77. The summed E-state index contributed by atoms with van der Waals surface area (Å²) in [7, 11) is 1.62. The van der Waals surface area contributed by atoms with Gasteiger partial charge in [0, 0.05) is 24.9 Å². The highest BCUT2D eigenvalue weighted by atomic mass is 16.5. The standard InChI is InChI=1S/C19H18N2O3/c1-13-18(21-9-5-4-6-17(21)22)15-10-14(11-20)7-8-16(15)24-19(13,2)12-23-3/h4-10H,12H2,1-3H3. The summed E-state index contributed by atoms with van der Waals surface area (Å²) in [6, 6.07) is 12.4. The second-order valence-corrected chi connectivity index (χ2v) is 5.97. The Morgan fingerprint density at radius 2 is 2.12 bits per heavy atom. The van der Waals surface area contributed by atoms with Crippen molar-refractivity contribution in [3.05, 3.63) is 69.6 Å². The molecule has 24 heavy (non-hydrogen) atoms. The van der Waals surface area contributed by atoms with Gasteiger partial charge in [0.05, 0.1) is 23.9 Å². The van der Waals surface area contributed by atoms with E-state index in [-0.39, 0.29) is 5.56 Å². The molecular weight excluding hydrogens is 304 g/mol. The van der Waals surface area contributed by atoms with Crippen LogP contribution in [0.15, 0.2) is 53.0 Å². The zero-order valence-corrected chi connectivity index (χ0v) is 13.9. The Hall–Kier alpha value is -2.84. The zero-order chi connectivity index (χ0) is 17.3. The van der Waals surface area contributed by atoms with Gasteiger partial charge in [0.2, 0.25) is 0 Å². The summed E-state index contributed by atoms with van der Waals surface area (Å²) in [6.07, 6.45) is 1.72. The third-order valence-corrected chi connectivity index (χ3v) is 4.33. The number of nitrogens with zero attached hydrogens (tertiary/aromatic N) is 2. The fourth-order valence-electron chi connectivity index (χ4n) is 2.98. The first kappa shape index (κ1) is 16.0. The summed E-state index contributed by atoms with van der Waals surface area (Å²) in [5, 5.41) is 9.21. The fraction of sp³-hybridized carbons (Fsp3) is 0.263. The first-order valence-electron chi connectivity index (χ1n) is 7.62. The Morgan fingerprint density at radius 1 is 1.33 bits per heavy atom. The van der Waals surface area contributed by atoms with Gasteiger partial charge >= 0.3 is 0 Å². The molecule has 1 aromatic heterocycles. The van der Waals surface area contributed by atoms with Gasteiger partial charge in [0.25, 0.3) is 5.56 Å². The molecule has 0 fully saturated rings. The van der Waals surface area contributed by atoms with E-state index < -0.39 is 5.60 Å². The van der Waals surface area contributed by atoms with Gasteiger partial charge in [0.1, 0.15) is 5.75 Å².